The number of piperidine rings is 1. The highest BCUT2D eigenvalue weighted by Gasteiger charge is 2.29. The van der Waals surface area contributed by atoms with Crippen LogP contribution in [0, 0.1) is 11.8 Å². The fraction of sp³-hybridized carbons (Fsp3) is 0.538. The summed E-state index contributed by atoms with van der Waals surface area (Å²) in [5, 5.41) is 3.51. The molecule has 2 unspecified atom stereocenters. The molecule has 1 heterocycles. The van der Waals surface area contributed by atoms with Gasteiger partial charge in [0.1, 0.15) is 0 Å². The molecule has 2 atom stereocenters. The average Bonchev–Trinajstić information content (AvgIpc) is 2.26. The minimum atomic E-state index is 0.902. The molecule has 1 aromatic carbocycles. The maximum atomic E-state index is 3.51. The van der Waals surface area contributed by atoms with E-state index in [0.29, 0.717) is 0 Å². The van der Waals surface area contributed by atoms with Crippen molar-refractivity contribution in [1.29, 1.82) is 0 Å². The average molecular weight is 187 g/mol. The van der Waals surface area contributed by atoms with Crippen LogP contribution in [0.3, 0.4) is 0 Å². The first kappa shape index (κ1) is 8.49. The summed E-state index contributed by atoms with van der Waals surface area (Å²) in [6.07, 6.45) is 4.00. The monoisotopic (exact) mass is 187 g/mol. The molecule has 1 aliphatic heterocycles. The summed E-state index contributed by atoms with van der Waals surface area (Å²) in [6, 6.07) is 8.98. The van der Waals surface area contributed by atoms with E-state index in [1.54, 1.807) is 11.1 Å². The maximum Gasteiger partial charge on any atom is -0.00146 e. The lowest BCUT2D eigenvalue weighted by Crippen LogP contribution is -2.40. The molecule has 14 heavy (non-hydrogen) atoms. The van der Waals surface area contributed by atoms with Crippen molar-refractivity contribution in [2.45, 2.75) is 19.3 Å². The molecular weight excluding hydrogens is 170 g/mol. The Kier molecular flexibility index (Phi) is 2.06. The molecule has 1 aromatic rings. The van der Waals surface area contributed by atoms with Crippen molar-refractivity contribution in [3.63, 3.8) is 0 Å². The Hall–Kier alpha value is -0.820. The van der Waals surface area contributed by atoms with Crippen LogP contribution in [0.15, 0.2) is 24.3 Å². The topological polar surface area (TPSA) is 12.0 Å². The normalized spacial score (nSPS) is 30.6. The molecule has 0 saturated carbocycles. The smallest absolute Gasteiger partial charge is 0.00146 e. The summed E-state index contributed by atoms with van der Waals surface area (Å²) < 4.78 is 0. The van der Waals surface area contributed by atoms with Crippen molar-refractivity contribution < 1.29 is 0 Å². The van der Waals surface area contributed by atoms with Crippen LogP contribution < -0.4 is 5.32 Å². The molecule has 74 valence electrons. The van der Waals surface area contributed by atoms with Crippen molar-refractivity contribution in [1.82, 2.24) is 5.32 Å². The molecule has 1 fully saturated rings. The highest BCUT2D eigenvalue weighted by molar-refractivity contribution is 5.30. The van der Waals surface area contributed by atoms with Crippen LogP contribution in [0.4, 0.5) is 0 Å². The Balaban J connectivity index is 1.91. The van der Waals surface area contributed by atoms with Crippen LogP contribution >= 0.6 is 0 Å². The van der Waals surface area contributed by atoms with E-state index in [4.69, 9.17) is 0 Å². The minimum absolute atomic E-state index is 0.902. The Labute approximate surface area is 85.5 Å². The second kappa shape index (κ2) is 3.39. The van der Waals surface area contributed by atoms with Gasteiger partial charge < -0.3 is 5.32 Å². The summed E-state index contributed by atoms with van der Waals surface area (Å²) in [5.74, 6) is 1.85. The number of hydrogen-bond acceptors (Lipinski definition) is 1. The number of benzene rings is 1. The predicted octanol–water partition coefficient (Wildman–Crippen LogP) is 2.01. The number of nitrogens with one attached hydrogen (secondary N) is 1. The largest absolute Gasteiger partial charge is 0.316 e. The summed E-state index contributed by atoms with van der Waals surface area (Å²) in [5.41, 5.74) is 3.20. The molecular formula is C13H17N. The molecule has 0 radical (unpaired) electrons. The Morgan fingerprint density at radius 1 is 1.00 bits per heavy atom. The van der Waals surface area contributed by atoms with Gasteiger partial charge in [-0.2, -0.15) is 0 Å². The van der Waals surface area contributed by atoms with Crippen LogP contribution in [0.1, 0.15) is 17.5 Å². The van der Waals surface area contributed by atoms with Crippen molar-refractivity contribution in [2.75, 3.05) is 13.1 Å². The van der Waals surface area contributed by atoms with Gasteiger partial charge in [0.25, 0.3) is 0 Å². The summed E-state index contributed by atoms with van der Waals surface area (Å²) >= 11 is 0. The zero-order valence-electron chi connectivity index (χ0n) is 8.50. The first-order chi connectivity index (χ1) is 6.93. The lowest BCUT2D eigenvalue weighted by Gasteiger charge is -2.37. The van der Waals surface area contributed by atoms with E-state index in [9.17, 15) is 0 Å². The molecule has 0 amide bonds. The lowest BCUT2D eigenvalue weighted by molar-refractivity contribution is 0.237. The van der Waals surface area contributed by atoms with Crippen LogP contribution in [-0.4, -0.2) is 13.1 Å². The van der Waals surface area contributed by atoms with Gasteiger partial charge in [-0.3, -0.25) is 0 Å². The van der Waals surface area contributed by atoms with Gasteiger partial charge in [0.2, 0.25) is 0 Å². The highest BCUT2D eigenvalue weighted by Crippen LogP contribution is 2.33. The number of rotatable bonds is 0. The molecule has 0 bridgehead atoms. The molecule has 2 aliphatic rings. The van der Waals surface area contributed by atoms with Gasteiger partial charge in [0.05, 0.1) is 0 Å². The van der Waals surface area contributed by atoms with Gasteiger partial charge in [-0.05, 0) is 55.3 Å². The lowest BCUT2D eigenvalue weighted by atomic mass is 9.73. The quantitative estimate of drug-likeness (QED) is 0.655. The molecule has 3 rings (SSSR count). The third-order valence-corrected chi connectivity index (χ3v) is 3.85. The van der Waals surface area contributed by atoms with Gasteiger partial charge >= 0.3 is 0 Å². The van der Waals surface area contributed by atoms with Crippen molar-refractivity contribution in [2.24, 2.45) is 11.8 Å². The molecule has 0 spiro atoms. The van der Waals surface area contributed by atoms with Gasteiger partial charge in [-0.1, -0.05) is 24.3 Å². The van der Waals surface area contributed by atoms with Crippen LogP contribution in [0.2, 0.25) is 0 Å². The van der Waals surface area contributed by atoms with Crippen molar-refractivity contribution in [3.8, 4) is 0 Å². The van der Waals surface area contributed by atoms with Crippen LogP contribution in [-0.2, 0) is 12.8 Å². The first-order valence-corrected chi connectivity index (χ1v) is 5.71. The first-order valence-electron chi connectivity index (χ1n) is 5.71. The zero-order chi connectivity index (χ0) is 9.38. The second-order valence-corrected chi connectivity index (χ2v) is 4.69. The molecule has 0 aromatic heterocycles. The summed E-state index contributed by atoms with van der Waals surface area (Å²) in [4.78, 5) is 0. The van der Waals surface area contributed by atoms with E-state index >= 15 is 0 Å². The fourth-order valence-corrected chi connectivity index (χ4v) is 3.01. The SMILES string of the molecule is c1ccc2c(c1)CC1CCNCC1C2. The summed E-state index contributed by atoms with van der Waals surface area (Å²) in [6.45, 7) is 2.46. The van der Waals surface area contributed by atoms with Crippen LogP contribution in [0.5, 0.6) is 0 Å². The van der Waals surface area contributed by atoms with Crippen LogP contribution in [0.25, 0.3) is 0 Å². The molecule has 1 aliphatic carbocycles. The fourth-order valence-electron chi connectivity index (χ4n) is 3.01. The van der Waals surface area contributed by atoms with E-state index < -0.39 is 0 Å². The van der Waals surface area contributed by atoms with Gasteiger partial charge in [0.15, 0.2) is 0 Å². The van der Waals surface area contributed by atoms with E-state index in [-0.39, 0.29) is 0 Å². The third kappa shape index (κ3) is 1.36. The summed E-state index contributed by atoms with van der Waals surface area (Å²) in [7, 11) is 0. The molecule has 1 heteroatoms. The molecule has 1 N–H and O–H groups in total. The number of hydrogen-bond donors (Lipinski definition) is 1. The maximum absolute atomic E-state index is 3.51. The van der Waals surface area contributed by atoms with Gasteiger partial charge in [-0.25, -0.2) is 0 Å². The standard InChI is InChI=1S/C13H17N/c1-2-4-11-8-13-9-14-6-5-12(13)7-10(11)3-1/h1-4,12-14H,5-9H2. The van der Waals surface area contributed by atoms with Crippen molar-refractivity contribution >= 4 is 0 Å². The number of fused-ring (bicyclic) bond motifs is 2. The molecule has 1 saturated heterocycles. The zero-order valence-corrected chi connectivity index (χ0v) is 8.50. The second-order valence-electron chi connectivity index (χ2n) is 4.69. The van der Waals surface area contributed by atoms with E-state index in [0.717, 1.165) is 11.8 Å². The van der Waals surface area contributed by atoms with Gasteiger partial charge in [0, 0.05) is 0 Å². The van der Waals surface area contributed by atoms with E-state index in [1.807, 2.05) is 0 Å². The minimum Gasteiger partial charge on any atom is -0.316 e. The third-order valence-electron chi connectivity index (χ3n) is 3.85. The van der Waals surface area contributed by atoms with Crippen molar-refractivity contribution in [3.05, 3.63) is 35.4 Å². The van der Waals surface area contributed by atoms with E-state index in [2.05, 4.69) is 29.6 Å². The highest BCUT2D eigenvalue weighted by atomic mass is 14.9. The Morgan fingerprint density at radius 3 is 2.50 bits per heavy atom. The molecule has 1 nitrogen and oxygen atoms in total. The Morgan fingerprint density at radius 2 is 1.71 bits per heavy atom. The van der Waals surface area contributed by atoms with E-state index in [1.165, 1.54) is 32.4 Å². The Bertz CT molecular complexity index is 299. The van der Waals surface area contributed by atoms with Gasteiger partial charge in [-0.15, -0.1) is 0 Å². The predicted molar refractivity (Wildman–Crippen MR) is 58.3 cm³/mol.